The van der Waals surface area contributed by atoms with Gasteiger partial charge >= 0.3 is 0 Å². The number of hydrogen-bond acceptors (Lipinski definition) is 2. The smallest absolute Gasteiger partial charge is 0.160 e. The number of benzene rings is 2. The van der Waals surface area contributed by atoms with Crippen LogP contribution in [0.1, 0.15) is 25.7 Å². The SMILES string of the molecule is Fc1ccc(NCC2CCCC2)cc1F.Nc1ccc(F)c(F)c1. The van der Waals surface area contributed by atoms with Gasteiger partial charge in [0.25, 0.3) is 0 Å². The Hall–Kier alpha value is -2.24. The molecule has 0 heterocycles. The Labute approximate surface area is 138 Å². The molecule has 1 fully saturated rings. The van der Waals surface area contributed by atoms with Crippen molar-refractivity contribution < 1.29 is 17.6 Å². The molecule has 3 N–H and O–H groups in total. The maximum Gasteiger partial charge on any atom is 0.160 e. The lowest BCUT2D eigenvalue weighted by atomic mass is 10.1. The van der Waals surface area contributed by atoms with E-state index in [2.05, 4.69) is 5.32 Å². The van der Waals surface area contributed by atoms with E-state index in [1.165, 1.54) is 37.8 Å². The van der Waals surface area contributed by atoms with Gasteiger partial charge in [-0.15, -0.1) is 0 Å². The minimum Gasteiger partial charge on any atom is -0.399 e. The van der Waals surface area contributed by atoms with E-state index in [9.17, 15) is 17.6 Å². The quantitative estimate of drug-likeness (QED) is 0.602. The highest BCUT2D eigenvalue weighted by Crippen LogP contribution is 2.25. The van der Waals surface area contributed by atoms with Crippen LogP contribution in [0.15, 0.2) is 36.4 Å². The molecular formula is C18H20F4N2. The van der Waals surface area contributed by atoms with E-state index < -0.39 is 23.3 Å². The minimum absolute atomic E-state index is 0.230. The molecule has 0 aliphatic heterocycles. The largest absolute Gasteiger partial charge is 0.399 e. The van der Waals surface area contributed by atoms with Gasteiger partial charge in [0, 0.05) is 17.9 Å². The first kappa shape index (κ1) is 18.1. The van der Waals surface area contributed by atoms with Crippen molar-refractivity contribution in [2.75, 3.05) is 17.6 Å². The number of rotatable bonds is 3. The summed E-state index contributed by atoms with van der Waals surface area (Å²) in [4.78, 5) is 0. The lowest BCUT2D eigenvalue weighted by Crippen LogP contribution is -2.11. The number of anilines is 2. The summed E-state index contributed by atoms with van der Waals surface area (Å²) < 4.78 is 49.7. The Balaban J connectivity index is 0.000000198. The number of nitrogens with two attached hydrogens (primary N) is 1. The minimum atomic E-state index is -0.907. The summed E-state index contributed by atoms with van der Waals surface area (Å²) >= 11 is 0. The monoisotopic (exact) mass is 340 g/mol. The molecule has 24 heavy (non-hydrogen) atoms. The van der Waals surface area contributed by atoms with E-state index in [1.807, 2.05) is 0 Å². The summed E-state index contributed by atoms with van der Waals surface area (Å²) in [6.45, 7) is 0.866. The lowest BCUT2D eigenvalue weighted by molar-refractivity contribution is 0.508. The molecule has 0 aromatic heterocycles. The van der Waals surface area contributed by atoms with Gasteiger partial charge in [0.2, 0.25) is 0 Å². The topological polar surface area (TPSA) is 38.0 Å². The van der Waals surface area contributed by atoms with Gasteiger partial charge in [0.1, 0.15) is 0 Å². The fraction of sp³-hybridized carbons (Fsp3) is 0.333. The molecule has 3 rings (SSSR count). The third-order valence-electron chi connectivity index (χ3n) is 3.93. The predicted molar refractivity (Wildman–Crippen MR) is 87.6 cm³/mol. The van der Waals surface area contributed by atoms with Crippen LogP contribution >= 0.6 is 0 Å². The highest BCUT2D eigenvalue weighted by atomic mass is 19.2. The summed E-state index contributed by atoms with van der Waals surface area (Å²) in [6.07, 6.45) is 5.08. The van der Waals surface area contributed by atoms with Gasteiger partial charge in [0.15, 0.2) is 23.3 Å². The molecule has 0 spiro atoms. The molecule has 0 atom stereocenters. The van der Waals surface area contributed by atoms with Crippen LogP contribution < -0.4 is 11.1 Å². The van der Waals surface area contributed by atoms with Crippen LogP contribution in [-0.4, -0.2) is 6.54 Å². The standard InChI is InChI=1S/C12H15F2N.C6H5F2N/c13-11-6-5-10(7-12(11)14)15-8-9-3-1-2-4-9;7-5-2-1-4(9)3-6(5)8/h5-7,9,15H,1-4,8H2;1-3H,9H2. The van der Waals surface area contributed by atoms with E-state index in [1.54, 1.807) is 6.07 Å². The second-order valence-electron chi connectivity index (χ2n) is 5.83. The molecule has 2 nitrogen and oxygen atoms in total. The molecular weight excluding hydrogens is 320 g/mol. The van der Waals surface area contributed by atoms with Crippen molar-refractivity contribution in [3.05, 3.63) is 59.7 Å². The summed E-state index contributed by atoms with van der Waals surface area (Å²) in [5.41, 5.74) is 6.02. The molecule has 1 aliphatic rings. The summed E-state index contributed by atoms with van der Waals surface area (Å²) in [7, 11) is 0. The van der Waals surface area contributed by atoms with E-state index in [4.69, 9.17) is 5.73 Å². The fourth-order valence-electron chi connectivity index (χ4n) is 2.60. The van der Waals surface area contributed by atoms with Crippen LogP contribution in [0.2, 0.25) is 0 Å². The van der Waals surface area contributed by atoms with Crippen LogP contribution in [-0.2, 0) is 0 Å². The summed E-state index contributed by atoms with van der Waals surface area (Å²) in [5.74, 6) is -2.66. The number of halogens is 4. The van der Waals surface area contributed by atoms with Gasteiger partial charge in [-0.1, -0.05) is 12.8 Å². The highest BCUT2D eigenvalue weighted by Gasteiger charge is 2.14. The molecule has 0 radical (unpaired) electrons. The van der Waals surface area contributed by atoms with Crippen molar-refractivity contribution >= 4 is 11.4 Å². The molecule has 1 saturated carbocycles. The van der Waals surface area contributed by atoms with E-state index in [0.717, 1.165) is 24.7 Å². The van der Waals surface area contributed by atoms with Crippen molar-refractivity contribution in [2.24, 2.45) is 5.92 Å². The van der Waals surface area contributed by atoms with Crippen LogP contribution in [0.5, 0.6) is 0 Å². The van der Waals surface area contributed by atoms with Crippen molar-refractivity contribution in [1.82, 2.24) is 0 Å². The Morgan fingerprint density at radius 3 is 1.96 bits per heavy atom. The maximum absolute atomic E-state index is 12.9. The molecule has 130 valence electrons. The number of hydrogen-bond donors (Lipinski definition) is 2. The third kappa shape index (κ3) is 5.44. The molecule has 6 heteroatoms. The van der Waals surface area contributed by atoms with Gasteiger partial charge in [-0.25, -0.2) is 17.6 Å². The van der Waals surface area contributed by atoms with Gasteiger partial charge in [-0.3, -0.25) is 0 Å². The molecule has 2 aromatic rings. The van der Waals surface area contributed by atoms with Crippen LogP contribution in [0.4, 0.5) is 28.9 Å². The Bertz CT molecular complexity index is 670. The second-order valence-corrected chi connectivity index (χ2v) is 5.83. The van der Waals surface area contributed by atoms with Gasteiger partial charge < -0.3 is 11.1 Å². The summed E-state index contributed by atoms with van der Waals surface area (Å²) in [5, 5.41) is 3.15. The lowest BCUT2D eigenvalue weighted by Gasteiger charge is -2.11. The Kier molecular flexibility index (Phi) is 6.46. The molecule has 2 aromatic carbocycles. The molecule has 0 amide bonds. The van der Waals surface area contributed by atoms with Gasteiger partial charge in [-0.2, -0.15) is 0 Å². The predicted octanol–water partition coefficient (Wildman–Crippen LogP) is 5.11. The highest BCUT2D eigenvalue weighted by molar-refractivity contribution is 5.43. The average Bonchev–Trinajstić information content (AvgIpc) is 3.06. The van der Waals surface area contributed by atoms with Crippen molar-refractivity contribution in [2.45, 2.75) is 25.7 Å². The van der Waals surface area contributed by atoms with Crippen LogP contribution in [0, 0.1) is 29.2 Å². The van der Waals surface area contributed by atoms with E-state index in [0.29, 0.717) is 11.6 Å². The zero-order valence-electron chi connectivity index (χ0n) is 13.2. The van der Waals surface area contributed by atoms with Crippen LogP contribution in [0.25, 0.3) is 0 Å². The van der Waals surface area contributed by atoms with Gasteiger partial charge in [-0.05, 0) is 55.2 Å². The molecule has 1 aliphatic carbocycles. The van der Waals surface area contributed by atoms with Gasteiger partial charge in [0.05, 0.1) is 0 Å². The molecule has 0 bridgehead atoms. The van der Waals surface area contributed by atoms with E-state index >= 15 is 0 Å². The number of nitrogens with one attached hydrogen (secondary N) is 1. The third-order valence-corrected chi connectivity index (χ3v) is 3.93. The number of nitrogen functional groups attached to an aromatic ring is 1. The fourth-order valence-corrected chi connectivity index (χ4v) is 2.60. The van der Waals surface area contributed by atoms with E-state index in [-0.39, 0.29) is 5.69 Å². The maximum atomic E-state index is 12.9. The average molecular weight is 340 g/mol. The zero-order chi connectivity index (χ0) is 17.5. The second kappa shape index (κ2) is 8.57. The first-order valence-corrected chi connectivity index (χ1v) is 7.85. The molecule has 0 saturated heterocycles. The van der Waals surface area contributed by atoms with Crippen molar-refractivity contribution in [3.8, 4) is 0 Å². The zero-order valence-corrected chi connectivity index (χ0v) is 13.2. The summed E-state index contributed by atoms with van der Waals surface area (Å²) in [6, 6.07) is 7.18. The molecule has 0 unspecified atom stereocenters. The van der Waals surface area contributed by atoms with Crippen molar-refractivity contribution in [1.29, 1.82) is 0 Å². The normalized spacial score (nSPS) is 14.2. The van der Waals surface area contributed by atoms with Crippen LogP contribution in [0.3, 0.4) is 0 Å². The first-order valence-electron chi connectivity index (χ1n) is 7.85. The Morgan fingerprint density at radius 1 is 0.833 bits per heavy atom. The Morgan fingerprint density at radius 2 is 1.42 bits per heavy atom. The van der Waals surface area contributed by atoms with Crippen molar-refractivity contribution in [3.63, 3.8) is 0 Å². The first-order chi connectivity index (χ1) is 11.5.